The third-order valence-corrected chi connectivity index (χ3v) is 6.29. The Kier molecular flexibility index (Phi) is 7.88. The molecule has 0 aliphatic carbocycles. The van der Waals surface area contributed by atoms with Gasteiger partial charge in [0.05, 0.1) is 11.8 Å². The van der Waals surface area contributed by atoms with E-state index >= 15 is 0 Å². The maximum atomic E-state index is 12.7. The smallest absolute Gasteiger partial charge is 0.231 e. The van der Waals surface area contributed by atoms with Gasteiger partial charge in [-0.1, -0.05) is 90.6 Å². The molecule has 0 saturated carbocycles. The molecule has 0 fully saturated rings. The van der Waals surface area contributed by atoms with Crippen molar-refractivity contribution in [3.8, 4) is 5.69 Å². The van der Waals surface area contributed by atoms with E-state index in [1.165, 1.54) is 18.7 Å². The number of para-hydroxylation sites is 1. The van der Waals surface area contributed by atoms with Gasteiger partial charge < -0.3 is 5.32 Å². The molecular formula is C27H26N4O2S. The summed E-state index contributed by atoms with van der Waals surface area (Å²) in [4.78, 5) is 24.9. The van der Waals surface area contributed by atoms with Crippen LogP contribution < -0.4 is 5.32 Å². The summed E-state index contributed by atoms with van der Waals surface area (Å²) in [6, 6.07) is 29.1. The molecule has 4 aromatic rings. The van der Waals surface area contributed by atoms with Gasteiger partial charge in [0.25, 0.3) is 0 Å². The van der Waals surface area contributed by atoms with Crippen molar-refractivity contribution in [2.45, 2.75) is 31.0 Å². The van der Waals surface area contributed by atoms with Gasteiger partial charge >= 0.3 is 0 Å². The second-order valence-corrected chi connectivity index (χ2v) is 8.88. The molecule has 0 aliphatic rings. The summed E-state index contributed by atoms with van der Waals surface area (Å²) in [7, 11) is 0. The molecular weight excluding hydrogens is 444 g/mol. The number of ketones is 1. The lowest BCUT2D eigenvalue weighted by molar-refractivity contribution is -0.125. The van der Waals surface area contributed by atoms with Crippen LogP contribution in [0, 0.1) is 0 Å². The van der Waals surface area contributed by atoms with Gasteiger partial charge in [0.1, 0.15) is 5.82 Å². The van der Waals surface area contributed by atoms with Crippen LogP contribution in [0.5, 0.6) is 0 Å². The molecule has 3 aromatic carbocycles. The standard InChI is InChI=1S/C27H26N4O2S/c1-20(32)24(17-21-11-5-2-6-12-21)28-26(33)19-34-27-30-29-25(18-22-13-7-3-8-14-22)31(27)23-15-9-4-10-16-23/h2-16,24H,17-19H2,1H3,(H,28,33). The highest BCUT2D eigenvalue weighted by atomic mass is 32.2. The summed E-state index contributed by atoms with van der Waals surface area (Å²) < 4.78 is 1.98. The SMILES string of the molecule is CC(=O)C(Cc1ccccc1)NC(=O)CSc1nnc(Cc2ccccc2)n1-c1ccccc1. The number of benzene rings is 3. The van der Waals surface area contributed by atoms with Crippen molar-refractivity contribution in [3.63, 3.8) is 0 Å². The van der Waals surface area contributed by atoms with E-state index in [0.717, 1.165) is 22.6 Å². The van der Waals surface area contributed by atoms with Crippen molar-refractivity contribution in [2.75, 3.05) is 5.75 Å². The third-order valence-electron chi connectivity index (χ3n) is 5.36. The third kappa shape index (κ3) is 6.20. The molecule has 6 nitrogen and oxygen atoms in total. The van der Waals surface area contributed by atoms with Gasteiger partial charge in [-0.2, -0.15) is 0 Å². The maximum Gasteiger partial charge on any atom is 0.231 e. The molecule has 1 aromatic heterocycles. The quantitative estimate of drug-likeness (QED) is 0.350. The second kappa shape index (κ2) is 11.4. The molecule has 0 radical (unpaired) electrons. The fourth-order valence-electron chi connectivity index (χ4n) is 3.64. The van der Waals surface area contributed by atoms with Crippen LogP contribution in [-0.2, 0) is 22.4 Å². The maximum absolute atomic E-state index is 12.7. The largest absolute Gasteiger partial charge is 0.345 e. The normalized spacial score (nSPS) is 11.7. The summed E-state index contributed by atoms with van der Waals surface area (Å²) in [5.41, 5.74) is 3.07. The van der Waals surface area contributed by atoms with Crippen molar-refractivity contribution in [3.05, 3.63) is 108 Å². The van der Waals surface area contributed by atoms with Gasteiger partial charge in [0.2, 0.25) is 5.91 Å². The first kappa shape index (κ1) is 23.4. The van der Waals surface area contributed by atoms with Crippen LogP contribution in [0.3, 0.4) is 0 Å². The number of thioether (sulfide) groups is 1. The van der Waals surface area contributed by atoms with E-state index in [9.17, 15) is 9.59 Å². The van der Waals surface area contributed by atoms with Crippen LogP contribution >= 0.6 is 11.8 Å². The first-order valence-corrected chi connectivity index (χ1v) is 12.1. The average molecular weight is 471 g/mol. The molecule has 1 N–H and O–H groups in total. The summed E-state index contributed by atoms with van der Waals surface area (Å²) >= 11 is 1.31. The van der Waals surface area contributed by atoms with Crippen LogP contribution in [0.15, 0.2) is 96.2 Å². The number of hydrogen-bond acceptors (Lipinski definition) is 5. The highest BCUT2D eigenvalue weighted by Crippen LogP contribution is 2.23. The Labute approximate surface area is 203 Å². The molecule has 0 spiro atoms. The highest BCUT2D eigenvalue weighted by molar-refractivity contribution is 7.99. The minimum Gasteiger partial charge on any atom is -0.345 e. The molecule has 4 rings (SSSR count). The molecule has 1 unspecified atom stereocenters. The van der Waals surface area contributed by atoms with Crippen molar-refractivity contribution < 1.29 is 9.59 Å². The van der Waals surface area contributed by atoms with E-state index in [-0.39, 0.29) is 17.4 Å². The van der Waals surface area contributed by atoms with Crippen molar-refractivity contribution in [1.82, 2.24) is 20.1 Å². The van der Waals surface area contributed by atoms with Gasteiger partial charge in [-0.3, -0.25) is 14.2 Å². The second-order valence-electron chi connectivity index (χ2n) is 7.94. The monoisotopic (exact) mass is 470 g/mol. The molecule has 0 saturated heterocycles. The van der Waals surface area contributed by atoms with Gasteiger partial charge in [-0.15, -0.1) is 10.2 Å². The molecule has 34 heavy (non-hydrogen) atoms. The van der Waals surface area contributed by atoms with E-state index in [4.69, 9.17) is 0 Å². The van der Waals surface area contributed by atoms with Crippen LogP contribution in [0.2, 0.25) is 0 Å². The van der Waals surface area contributed by atoms with E-state index < -0.39 is 6.04 Å². The van der Waals surface area contributed by atoms with Crippen molar-refractivity contribution in [2.24, 2.45) is 0 Å². The van der Waals surface area contributed by atoms with Gasteiger partial charge in [-0.05, 0) is 36.6 Å². The number of nitrogens with one attached hydrogen (secondary N) is 1. The highest BCUT2D eigenvalue weighted by Gasteiger charge is 2.20. The molecule has 1 atom stereocenters. The lowest BCUT2D eigenvalue weighted by Gasteiger charge is -2.16. The predicted molar refractivity (Wildman–Crippen MR) is 134 cm³/mol. The van der Waals surface area contributed by atoms with Gasteiger partial charge in [-0.25, -0.2) is 0 Å². The van der Waals surface area contributed by atoms with Gasteiger partial charge in [0, 0.05) is 12.1 Å². The first-order chi connectivity index (χ1) is 16.6. The molecule has 172 valence electrons. The number of nitrogens with zero attached hydrogens (tertiary/aromatic N) is 3. The summed E-state index contributed by atoms with van der Waals surface area (Å²) in [6.07, 6.45) is 1.09. The van der Waals surface area contributed by atoms with Crippen molar-refractivity contribution in [1.29, 1.82) is 0 Å². The van der Waals surface area contributed by atoms with Crippen LogP contribution in [0.1, 0.15) is 23.9 Å². The van der Waals surface area contributed by atoms with Crippen molar-refractivity contribution >= 4 is 23.5 Å². The van der Waals surface area contributed by atoms with Crippen LogP contribution in [0.25, 0.3) is 5.69 Å². The summed E-state index contributed by atoms with van der Waals surface area (Å²) in [5, 5.41) is 12.3. The van der Waals surface area contributed by atoms with Crippen LogP contribution in [-0.4, -0.2) is 38.2 Å². The van der Waals surface area contributed by atoms with E-state index in [1.54, 1.807) is 0 Å². The van der Waals surface area contributed by atoms with E-state index in [2.05, 4.69) is 27.6 Å². The summed E-state index contributed by atoms with van der Waals surface area (Å²) in [5.74, 6) is 0.647. The topological polar surface area (TPSA) is 76.9 Å². The zero-order valence-electron chi connectivity index (χ0n) is 18.9. The number of rotatable bonds is 10. The lowest BCUT2D eigenvalue weighted by atomic mass is 10.0. The number of hydrogen-bond donors (Lipinski definition) is 1. The molecule has 0 bridgehead atoms. The number of carbonyl (C=O) groups is 2. The Hall–Kier alpha value is -3.71. The minimum atomic E-state index is -0.559. The Bertz CT molecular complexity index is 1230. The number of carbonyl (C=O) groups excluding carboxylic acids is 2. The first-order valence-electron chi connectivity index (χ1n) is 11.1. The Morgan fingerprint density at radius 3 is 2.06 bits per heavy atom. The van der Waals surface area contributed by atoms with Crippen LogP contribution in [0.4, 0.5) is 0 Å². The van der Waals surface area contributed by atoms with E-state index in [1.807, 2.05) is 83.4 Å². The molecule has 7 heteroatoms. The number of aromatic nitrogens is 3. The summed E-state index contributed by atoms with van der Waals surface area (Å²) in [6.45, 7) is 1.50. The van der Waals surface area contributed by atoms with E-state index in [0.29, 0.717) is 18.0 Å². The zero-order chi connectivity index (χ0) is 23.8. The van der Waals surface area contributed by atoms with Gasteiger partial charge in [0.15, 0.2) is 10.9 Å². The Morgan fingerprint density at radius 2 is 1.44 bits per heavy atom. The fourth-order valence-corrected chi connectivity index (χ4v) is 4.42. The molecule has 1 heterocycles. The molecule has 0 aliphatic heterocycles. The predicted octanol–water partition coefficient (Wildman–Crippen LogP) is 4.27. The minimum absolute atomic E-state index is 0.0696. The fraction of sp³-hybridized carbons (Fsp3) is 0.185. The Morgan fingerprint density at radius 1 is 0.853 bits per heavy atom. The lowest BCUT2D eigenvalue weighted by Crippen LogP contribution is -2.42. The number of amides is 1. The Balaban J connectivity index is 1.47. The molecule has 1 amide bonds. The average Bonchev–Trinajstić information content (AvgIpc) is 3.26. The zero-order valence-corrected chi connectivity index (χ0v) is 19.7. The number of Topliss-reactive ketones (excluding diaryl/α,β-unsaturated/α-hetero) is 1.